The number of likely N-dealkylation sites (N-methyl/N-ethyl adjacent to an activating group) is 1. The number of aliphatic hydroxyl groups excluding tert-OH is 4. The Balaban J connectivity index is 0.000000385. The second-order valence-electron chi connectivity index (χ2n) is 10.4. The molecule has 0 aliphatic carbocycles. The van der Waals surface area contributed by atoms with Gasteiger partial charge in [0.25, 0.3) is 11.5 Å². The summed E-state index contributed by atoms with van der Waals surface area (Å²) in [5.74, 6) is -2.59. The maximum absolute atomic E-state index is 12.3. The fraction of sp³-hybridized carbons (Fsp3) is 0.500. The normalized spacial score (nSPS) is 24.6. The highest BCUT2D eigenvalue weighted by Crippen LogP contribution is 2.25. The van der Waals surface area contributed by atoms with E-state index < -0.39 is 61.1 Å². The molecular formula is C26H38N8O11. The highest BCUT2D eigenvalue weighted by atomic mass is 16.6. The van der Waals surface area contributed by atoms with Crippen molar-refractivity contribution >= 4 is 41.0 Å². The van der Waals surface area contributed by atoms with E-state index >= 15 is 0 Å². The van der Waals surface area contributed by atoms with E-state index in [1.54, 1.807) is 19.2 Å². The van der Waals surface area contributed by atoms with Crippen LogP contribution in [0.1, 0.15) is 23.2 Å². The summed E-state index contributed by atoms with van der Waals surface area (Å²) in [6.07, 6.45) is -5.44. The largest absolute Gasteiger partial charge is 0.481 e. The fourth-order valence-electron chi connectivity index (χ4n) is 4.54. The lowest BCUT2D eigenvalue weighted by molar-refractivity contribution is -0.248. The van der Waals surface area contributed by atoms with Crippen LogP contribution in [0.15, 0.2) is 29.1 Å². The molecule has 1 amide bonds. The Hall–Kier alpha value is -4.53. The van der Waals surface area contributed by atoms with E-state index in [4.69, 9.17) is 31.5 Å². The molecule has 1 aromatic heterocycles. The molecular weight excluding hydrogens is 600 g/mol. The van der Waals surface area contributed by atoms with Gasteiger partial charge in [0.15, 0.2) is 12.1 Å². The number of fused-ring (bicyclic) bond motifs is 1. The van der Waals surface area contributed by atoms with Crippen molar-refractivity contribution in [2.75, 3.05) is 48.0 Å². The van der Waals surface area contributed by atoms with Crippen LogP contribution in [-0.2, 0) is 14.3 Å². The van der Waals surface area contributed by atoms with Crippen LogP contribution in [0.4, 0.5) is 23.1 Å². The number of rotatable bonds is 10. The summed E-state index contributed by atoms with van der Waals surface area (Å²) >= 11 is 0. The standard InChI is InChI=1S/C20H25N7O6.C6H13NO5/c1-27-12(9-23-16-15(27)18(31)26-20(21)25-16)8-22-11-4-2-10(3-5-11)17(30)24-13(19(32)33)6-7-14(28)29;7-3-5(10)4(9)2(1-8)12-6(3)11/h2-5,12-13,22H,6-9H2,1H3,(H,24,30)(H,28,29)(H,32,33)(H4,21,23,25,26,31);2-6,8-11H,1,7H2/t12?,13-;2-,3-,4+,5-,6-/m01/s1. The number of nitrogens with two attached hydrogens (primary N) is 2. The van der Waals surface area contributed by atoms with Gasteiger partial charge in [-0.25, -0.2) is 4.79 Å². The number of nitrogen functional groups attached to an aromatic ring is 1. The van der Waals surface area contributed by atoms with Crippen molar-refractivity contribution < 1.29 is 49.8 Å². The molecule has 14 N–H and O–H groups in total. The van der Waals surface area contributed by atoms with Gasteiger partial charge in [0.1, 0.15) is 30.0 Å². The zero-order valence-corrected chi connectivity index (χ0v) is 24.2. The molecule has 45 heavy (non-hydrogen) atoms. The van der Waals surface area contributed by atoms with Crippen LogP contribution >= 0.6 is 0 Å². The number of carbonyl (C=O) groups excluding carboxylic acids is 1. The Kier molecular flexibility index (Phi) is 12.0. The summed E-state index contributed by atoms with van der Waals surface area (Å²) < 4.78 is 4.70. The Labute approximate surface area is 255 Å². The highest BCUT2D eigenvalue weighted by Gasteiger charge is 2.41. The van der Waals surface area contributed by atoms with Crippen molar-refractivity contribution in [3.63, 3.8) is 0 Å². The summed E-state index contributed by atoms with van der Waals surface area (Å²) in [7, 11) is 1.79. The van der Waals surface area contributed by atoms with Crippen LogP contribution < -0.4 is 37.9 Å². The average Bonchev–Trinajstić information content (AvgIpc) is 2.99. The topological polar surface area (TPSA) is 319 Å². The van der Waals surface area contributed by atoms with E-state index in [0.717, 1.165) is 5.69 Å². The van der Waals surface area contributed by atoms with Gasteiger partial charge in [-0.3, -0.25) is 19.4 Å². The van der Waals surface area contributed by atoms with Crippen molar-refractivity contribution in [2.45, 2.75) is 55.6 Å². The molecule has 19 heteroatoms. The average molecular weight is 639 g/mol. The molecule has 0 radical (unpaired) electrons. The molecule has 1 saturated heterocycles. The molecule has 4 rings (SSSR count). The van der Waals surface area contributed by atoms with Gasteiger partial charge in [-0.2, -0.15) is 4.98 Å². The third-order valence-corrected chi connectivity index (χ3v) is 7.21. The molecule has 2 aliphatic rings. The number of hydrogen-bond donors (Lipinski definition) is 12. The lowest BCUT2D eigenvalue weighted by Gasteiger charge is -2.38. The Bertz CT molecular complexity index is 1390. The first-order valence-electron chi connectivity index (χ1n) is 13.7. The molecule has 3 heterocycles. The number of carboxylic acids is 2. The number of nitrogens with one attached hydrogen (secondary N) is 4. The molecule has 19 nitrogen and oxygen atoms in total. The van der Waals surface area contributed by atoms with E-state index in [1.807, 2.05) is 4.90 Å². The molecule has 2 aliphatic heterocycles. The van der Waals surface area contributed by atoms with Gasteiger partial charge in [0.2, 0.25) is 5.95 Å². The van der Waals surface area contributed by atoms with Crippen LogP contribution in [0.25, 0.3) is 0 Å². The van der Waals surface area contributed by atoms with Crippen molar-refractivity contribution in [2.24, 2.45) is 5.73 Å². The number of nitrogens with zero attached hydrogens (tertiary/aromatic N) is 2. The third kappa shape index (κ3) is 9.00. The van der Waals surface area contributed by atoms with Gasteiger partial charge in [0.05, 0.1) is 18.7 Å². The number of aliphatic hydroxyl groups is 4. The highest BCUT2D eigenvalue weighted by molar-refractivity contribution is 5.97. The van der Waals surface area contributed by atoms with Gasteiger partial charge < -0.3 is 67.7 Å². The summed E-state index contributed by atoms with van der Waals surface area (Å²) in [6.45, 7) is 0.538. The minimum atomic E-state index is -1.35. The number of carboxylic acid groups (broad SMARTS) is 2. The molecule has 0 bridgehead atoms. The van der Waals surface area contributed by atoms with E-state index in [9.17, 15) is 34.5 Å². The third-order valence-electron chi connectivity index (χ3n) is 7.21. The van der Waals surface area contributed by atoms with Gasteiger partial charge in [-0.1, -0.05) is 0 Å². The lowest BCUT2D eigenvalue weighted by Crippen LogP contribution is -2.61. The Morgan fingerprint density at radius 3 is 2.42 bits per heavy atom. The zero-order valence-electron chi connectivity index (χ0n) is 24.2. The zero-order chi connectivity index (χ0) is 33.4. The number of aromatic amines is 1. The second-order valence-corrected chi connectivity index (χ2v) is 10.4. The van der Waals surface area contributed by atoms with Crippen LogP contribution in [-0.4, -0.2) is 128 Å². The van der Waals surface area contributed by atoms with E-state index in [0.29, 0.717) is 24.6 Å². The SMILES string of the molecule is CN1c2c(nc(N)[nH]c2=O)NCC1CNc1ccc(C(=O)N[C@@H](CCC(=O)O)C(=O)O)cc1.N[C@@H]1[C@@H](O)[C@@H](O)[C@@H](CO)O[C@H]1O. The number of amides is 1. The van der Waals surface area contributed by atoms with Gasteiger partial charge in [0, 0.05) is 37.8 Å². The smallest absolute Gasteiger partial charge is 0.326 e. The summed E-state index contributed by atoms with van der Waals surface area (Å²) in [6, 6.07) is 3.99. The Morgan fingerprint density at radius 1 is 1.16 bits per heavy atom. The number of ether oxygens (including phenoxy) is 1. The first kappa shape index (κ1) is 35.0. The number of H-pyrrole nitrogens is 1. The maximum Gasteiger partial charge on any atom is 0.326 e. The van der Waals surface area contributed by atoms with Crippen LogP contribution in [0.2, 0.25) is 0 Å². The van der Waals surface area contributed by atoms with Gasteiger partial charge in [-0.15, -0.1) is 0 Å². The number of carbonyl (C=O) groups is 3. The molecule has 7 atom stereocenters. The lowest BCUT2D eigenvalue weighted by atomic mass is 9.98. The van der Waals surface area contributed by atoms with Crippen molar-refractivity contribution in [3.8, 4) is 0 Å². The van der Waals surface area contributed by atoms with Crippen molar-refractivity contribution in [1.29, 1.82) is 0 Å². The van der Waals surface area contributed by atoms with E-state index in [-0.39, 0.29) is 36.0 Å². The number of aliphatic carboxylic acids is 2. The molecule has 0 saturated carbocycles. The number of benzene rings is 1. The number of aromatic nitrogens is 2. The van der Waals surface area contributed by atoms with E-state index in [2.05, 4.69) is 25.9 Å². The predicted molar refractivity (Wildman–Crippen MR) is 159 cm³/mol. The van der Waals surface area contributed by atoms with Crippen molar-refractivity contribution in [3.05, 3.63) is 40.2 Å². The quantitative estimate of drug-likeness (QED) is 0.120. The molecule has 2 aromatic rings. The first-order valence-corrected chi connectivity index (χ1v) is 13.7. The molecule has 248 valence electrons. The molecule has 0 spiro atoms. The second kappa shape index (κ2) is 15.5. The number of hydrogen-bond acceptors (Lipinski definition) is 15. The minimum Gasteiger partial charge on any atom is -0.481 e. The fourth-order valence-corrected chi connectivity index (χ4v) is 4.54. The molecule has 1 aromatic carbocycles. The first-order chi connectivity index (χ1) is 21.2. The summed E-state index contributed by atoms with van der Waals surface area (Å²) in [4.78, 5) is 54.9. The predicted octanol–water partition coefficient (Wildman–Crippen LogP) is -3.51. The van der Waals surface area contributed by atoms with Crippen LogP contribution in [0, 0.1) is 0 Å². The molecule has 1 fully saturated rings. The summed E-state index contributed by atoms with van der Waals surface area (Å²) in [5.41, 5.74) is 11.9. The monoisotopic (exact) mass is 638 g/mol. The molecule has 1 unspecified atom stereocenters. The summed E-state index contributed by atoms with van der Waals surface area (Å²) in [5, 5.41) is 62.6. The van der Waals surface area contributed by atoms with Gasteiger partial charge >= 0.3 is 11.9 Å². The Morgan fingerprint density at radius 2 is 1.82 bits per heavy atom. The van der Waals surface area contributed by atoms with Crippen molar-refractivity contribution in [1.82, 2.24) is 15.3 Å². The van der Waals surface area contributed by atoms with Crippen LogP contribution in [0.3, 0.4) is 0 Å². The number of anilines is 4. The van der Waals surface area contributed by atoms with Crippen LogP contribution in [0.5, 0.6) is 0 Å². The minimum absolute atomic E-state index is 0.0388. The van der Waals surface area contributed by atoms with Gasteiger partial charge in [-0.05, 0) is 30.7 Å². The van der Waals surface area contributed by atoms with E-state index in [1.165, 1.54) is 12.1 Å². The maximum atomic E-state index is 12.3.